The minimum atomic E-state index is -3.60. The van der Waals surface area contributed by atoms with E-state index in [9.17, 15) is 17.6 Å². The molecule has 0 aromatic heterocycles. The highest BCUT2D eigenvalue weighted by Crippen LogP contribution is 2.63. The number of alkyl halides is 1. The molecule has 1 nitrogen and oxygen atoms in total. The molecule has 4 aromatic rings. The highest BCUT2D eigenvalue weighted by atomic mass is 31.1. The second-order valence-corrected chi connectivity index (χ2v) is 15.7. The fourth-order valence-corrected chi connectivity index (χ4v) is 11.4. The lowest BCUT2D eigenvalue weighted by Crippen LogP contribution is -2.55. The molecule has 0 N–H and O–H groups in total. The molecule has 0 spiro atoms. The van der Waals surface area contributed by atoms with Crippen LogP contribution in [0.4, 0.5) is 49.6 Å². The number of halogens is 10. The van der Waals surface area contributed by atoms with Crippen molar-refractivity contribution in [3.8, 4) is 0 Å². The number of rotatable bonds is 6. The third-order valence-electron chi connectivity index (χ3n) is 10.7. The molecule has 5 unspecified atom stereocenters. The van der Waals surface area contributed by atoms with Crippen molar-refractivity contribution in [3.63, 3.8) is 0 Å². The summed E-state index contributed by atoms with van der Waals surface area (Å²) in [6, 6.07) is 26.0. The summed E-state index contributed by atoms with van der Waals surface area (Å²) in [6.07, 6.45) is 7.14. The minimum absolute atomic E-state index is 0.0169. The normalized spacial score (nSPS) is 23.6. The minimum Gasteiger partial charge on any atom is -0.337 e. The topological polar surface area (TPSA) is 3.24 Å². The molecule has 12 heteroatoms. The number of para-hydroxylation sites is 1. The van der Waals surface area contributed by atoms with Crippen LogP contribution in [0.15, 0.2) is 156 Å². The molecule has 0 amide bonds. The molecular formula is C43H28F10NP. The van der Waals surface area contributed by atoms with Crippen molar-refractivity contribution in [1.82, 2.24) is 0 Å². The SMILES string of the molecule is FC1=C(F)C(F)C(P(C2=C(N3c4ccccc4C(c4ccccc4)(c4ccccc4)C4C=CC=CC43)CCC=C2)c2c(F)c(F)c(F)c(F)c2F)C(F)=C1F. The molecule has 55 heavy (non-hydrogen) atoms. The van der Waals surface area contributed by atoms with Crippen LogP contribution in [-0.2, 0) is 5.41 Å². The number of allylic oxidation sites excluding steroid dienone is 10. The zero-order valence-electron chi connectivity index (χ0n) is 28.4. The monoisotopic (exact) mass is 779 g/mol. The van der Waals surface area contributed by atoms with E-state index >= 15 is 26.3 Å². The van der Waals surface area contributed by atoms with Crippen LogP contribution in [0.5, 0.6) is 0 Å². The number of hydrogen-bond donors (Lipinski definition) is 0. The third-order valence-corrected chi connectivity index (χ3v) is 13.6. The van der Waals surface area contributed by atoms with Gasteiger partial charge in [-0.05, 0) is 43.5 Å². The van der Waals surface area contributed by atoms with Crippen molar-refractivity contribution >= 4 is 18.9 Å². The first-order chi connectivity index (χ1) is 26.5. The van der Waals surface area contributed by atoms with E-state index in [1.807, 2.05) is 95.9 Å². The Bertz CT molecular complexity index is 2310. The van der Waals surface area contributed by atoms with E-state index in [-0.39, 0.29) is 23.9 Å². The second-order valence-electron chi connectivity index (χ2n) is 13.4. The van der Waals surface area contributed by atoms with Gasteiger partial charge in [0.1, 0.15) is 0 Å². The molecule has 3 aliphatic carbocycles. The third kappa shape index (κ3) is 5.48. The van der Waals surface area contributed by atoms with E-state index in [0.29, 0.717) is 5.69 Å². The van der Waals surface area contributed by atoms with E-state index in [1.165, 1.54) is 12.2 Å². The van der Waals surface area contributed by atoms with E-state index in [0.717, 1.165) is 16.7 Å². The molecule has 5 atom stereocenters. The molecule has 1 aliphatic heterocycles. The summed E-state index contributed by atoms with van der Waals surface area (Å²) < 4.78 is 153. The van der Waals surface area contributed by atoms with E-state index in [2.05, 4.69) is 0 Å². The van der Waals surface area contributed by atoms with Gasteiger partial charge in [0.25, 0.3) is 0 Å². The van der Waals surface area contributed by atoms with Crippen molar-refractivity contribution in [1.29, 1.82) is 0 Å². The van der Waals surface area contributed by atoms with Crippen molar-refractivity contribution in [2.45, 2.75) is 36.1 Å². The van der Waals surface area contributed by atoms with Gasteiger partial charge >= 0.3 is 0 Å². The number of nitrogens with zero attached hydrogens (tertiary/aromatic N) is 1. The van der Waals surface area contributed by atoms with Gasteiger partial charge in [0.15, 0.2) is 52.7 Å². The van der Waals surface area contributed by atoms with Crippen LogP contribution in [-0.4, -0.2) is 17.9 Å². The number of fused-ring (bicyclic) bond motifs is 2. The Balaban J connectivity index is 1.46. The molecule has 0 radical (unpaired) electrons. The summed E-state index contributed by atoms with van der Waals surface area (Å²) >= 11 is 0. The highest BCUT2D eigenvalue weighted by molar-refractivity contribution is 7.71. The van der Waals surface area contributed by atoms with Gasteiger partial charge in [0, 0.05) is 22.6 Å². The lowest BCUT2D eigenvalue weighted by atomic mass is 9.56. The predicted octanol–water partition coefficient (Wildman–Crippen LogP) is 12.0. The Labute approximate surface area is 310 Å². The molecule has 0 saturated heterocycles. The molecular weight excluding hydrogens is 751 g/mol. The quantitative estimate of drug-likeness (QED) is 0.0815. The summed E-state index contributed by atoms with van der Waals surface area (Å²) in [6.45, 7) is 0. The van der Waals surface area contributed by atoms with Gasteiger partial charge in [0.05, 0.1) is 22.4 Å². The van der Waals surface area contributed by atoms with Crippen molar-refractivity contribution in [2.75, 3.05) is 4.90 Å². The van der Waals surface area contributed by atoms with E-state index in [1.54, 1.807) is 18.2 Å². The Morgan fingerprint density at radius 2 is 1.16 bits per heavy atom. The van der Waals surface area contributed by atoms with Gasteiger partial charge in [-0.15, -0.1) is 0 Å². The average Bonchev–Trinajstić information content (AvgIpc) is 3.23. The van der Waals surface area contributed by atoms with Crippen molar-refractivity contribution < 1.29 is 43.9 Å². The molecule has 1 heterocycles. The molecule has 8 rings (SSSR count). The van der Waals surface area contributed by atoms with Gasteiger partial charge in [-0.3, -0.25) is 0 Å². The van der Waals surface area contributed by atoms with E-state index in [4.69, 9.17) is 0 Å². The van der Waals surface area contributed by atoms with Crippen molar-refractivity contribution in [2.24, 2.45) is 5.92 Å². The zero-order chi connectivity index (χ0) is 38.8. The molecule has 0 saturated carbocycles. The number of benzene rings is 4. The first kappa shape index (κ1) is 36.8. The maximum atomic E-state index is 16.0. The lowest BCUT2D eigenvalue weighted by Gasteiger charge is -2.55. The lowest BCUT2D eigenvalue weighted by molar-refractivity contribution is 0.278. The standard InChI is InChI=1S/C43H28F10NP/c44-31-33(46)37(50)41(38(51)34(31)47)55(42-39(52)35(48)32(45)36(49)40(42)53)30-22-12-11-21-29(30)54-27-19-9-7-17-25(27)43(23-13-3-1-4-14-23,24-15-5-2-6-16-24)26-18-8-10-20-28(26)54/h1-10,12-20,22,25,27,37,41H,11,21H2. The average molecular weight is 780 g/mol. The Hall–Kier alpha value is -5.15. The predicted molar refractivity (Wildman–Crippen MR) is 193 cm³/mol. The van der Waals surface area contributed by atoms with Crippen LogP contribution >= 0.6 is 7.92 Å². The van der Waals surface area contributed by atoms with Gasteiger partial charge in [-0.2, -0.15) is 0 Å². The van der Waals surface area contributed by atoms with Crippen LogP contribution in [0.1, 0.15) is 29.5 Å². The molecule has 4 aliphatic rings. The summed E-state index contributed by atoms with van der Waals surface area (Å²) in [5.74, 6) is -22.3. The highest BCUT2D eigenvalue weighted by Gasteiger charge is 2.54. The molecule has 280 valence electrons. The second kappa shape index (κ2) is 14.2. The number of hydrogen-bond acceptors (Lipinski definition) is 1. The fraction of sp³-hybridized carbons (Fsp3) is 0.163. The van der Waals surface area contributed by atoms with Crippen LogP contribution in [0.2, 0.25) is 0 Å². The zero-order valence-corrected chi connectivity index (χ0v) is 29.3. The first-order valence-corrected chi connectivity index (χ1v) is 18.7. The van der Waals surface area contributed by atoms with E-state index < -0.39 is 94.8 Å². The molecule has 0 fully saturated rings. The summed E-state index contributed by atoms with van der Waals surface area (Å²) in [4.78, 5) is 1.81. The molecule has 0 bridgehead atoms. The van der Waals surface area contributed by atoms with Gasteiger partial charge < -0.3 is 4.90 Å². The van der Waals surface area contributed by atoms with Crippen LogP contribution in [0.3, 0.4) is 0 Å². The fourth-order valence-electron chi connectivity index (χ4n) is 8.48. The van der Waals surface area contributed by atoms with Crippen molar-refractivity contribution in [3.05, 3.63) is 201 Å². The Morgan fingerprint density at radius 3 is 1.80 bits per heavy atom. The maximum Gasteiger partial charge on any atom is 0.200 e. The Morgan fingerprint density at radius 1 is 0.618 bits per heavy atom. The van der Waals surface area contributed by atoms with Gasteiger partial charge in [-0.25, -0.2) is 43.9 Å². The Kier molecular flexibility index (Phi) is 9.48. The summed E-state index contributed by atoms with van der Waals surface area (Å²) in [7, 11) is -3.60. The first-order valence-electron chi connectivity index (χ1n) is 17.3. The van der Waals surface area contributed by atoms with Crippen LogP contribution in [0, 0.1) is 35.0 Å². The summed E-state index contributed by atoms with van der Waals surface area (Å²) in [5, 5.41) is -1.96. The largest absolute Gasteiger partial charge is 0.337 e. The smallest absolute Gasteiger partial charge is 0.200 e. The number of anilines is 1. The molecule has 4 aromatic carbocycles. The van der Waals surface area contributed by atoms with Crippen LogP contribution < -0.4 is 10.2 Å². The van der Waals surface area contributed by atoms with Gasteiger partial charge in [0.2, 0.25) is 5.82 Å². The van der Waals surface area contributed by atoms with Gasteiger partial charge in [-0.1, -0.05) is 115 Å². The van der Waals surface area contributed by atoms with Crippen LogP contribution in [0.25, 0.3) is 0 Å². The summed E-state index contributed by atoms with van der Waals surface area (Å²) in [5.41, 5.74) is -0.420. The maximum absolute atomic E-state index is 16.0.